The van der Waals surface area contributed by atoms with Gasteiger partial charge in [0, 0.05) is 24.7 Å². The number of benzene rings is 2. The van der Waals surface area contributed by atoms with Gasteiger partial charge in [-0.25, -0.2) is 8.42 Å². The van der Waals surface area contributed by atoms with Crippen molar-refractivity contribution in [1.82, 2.24) is 9.29 Å². The Kier molecular flexibility index (Phi) is 4.26. The Labute approximate surface area is 141 Å². The summed E-state index contributed by atoms with van der Waals surface area (Å²) in [7, 11) is -2.19. The van der Waals surface area contributed by atoms with Crippen LogP contribution in [-0.4, -0.2) is 29.9 Å². The van der Waals surface area contributed by atoms with E-state index < -0.39 is 10.0 Å². The van der Waals surface area contributed by atoms with E-state index >= 15 is 0 Å². The number of phenols is 1. The number of hydrogen-bond donors (Lipinski definition) is 1. The van der Waals surface area contributed by atoms with Crippen LogP contribution in [0.5, 0.6) is 5.75 Å². The molecule has 0 aliphatic rings. The summed E-state index contributed by atoms with van der Waals surface area (Å²) in [5, 5.41) is 10.3. The molecule has 0 radical (unpaired) electrons. The second kappa shape index (κ2) is 6.22. The summed E-state index contributed by atoms with van der Waals surface area (Å²) in [6.07, 6.45) is 1.52. The summed E-state index contributed by atoms with van der Waals surface area (Å²) in [6.45, 7) is 1.84. The molecular weight excluding hydrogens is 324 g/mol. The van der Waals surface area contributed by atoms with E-state index in [-0.39, 0.29) is 22.2 Å². The molecule has 0 aliphatic heterocycles. The first-order valence-corrected chi connectivity index (χ1v) is 8.96. The molecule has 2 aromatic carbocycles. The Hall–Kier alpha value is -2.44. The number of pyridine rings is 1. The lowest BCUT2D eigenvalue weighted by molar-refractivity contribution is 0.399. The Morgan fingerprint density at radius 2 is 1.75 bits per heavy atom. The molecule has 0 aliphatic carbocycles. The van der Waals surface area contributed by atoms with Gasteiger partial charge in [0.25, 0.3) is 0 Å². The first-order chi connectivity index (χ1) is 11.4. The molecule has 1 atom stereocenters. The molecule has 0 saturated carbocycles. The molecule has 124 valence electrons. The van der Waals surface area contributed by atoms with E-state index in [1.54, 1.807) is 19.2 Å². The molecule has 1 heterocycles. The van der Waals surface area contributed by atoms with Gasteiger partial charge in [-0.05, 0) is 36.8 Å². The predicted octanol–water partition coefficient (Wildman–Crippen LogP) is 3.32. The third-order valence-corrected chi connectivity index (χ3v) is 6.18. The van der Waals surface area contributed by atoms with Crippen LogP contribution in [-0.2, 0) is 10.0 Å². The van der Waals surface area contributed by atoms with E-state index in [0.29, 0.717) is 5.39 Å². The lowest BCUT2D eigenvalue weighted by Gasteiger charge is -2.25. The zero-order valence-corrected chi connectivity index (χ0v) is 14.2. The molecule has 5 nitrogen and oxygen atoms in total. The third-order valence-electron chi connectivity index (χ3n) is 4.19. The SMILES string of the molecule is C[C@H](c1ccccc1)N(C)S(=O)(=O)c1ccc(O)c2ncccc12. The zero-order valence-electron chi connectivity index (χ0n) is 13.4. The molecule has 1 aromatic heterocycles. The van der Waals surface area contributed by atoms with Gasteiger partial charge in [-0.2, -0.15) is 4.31 Å². The summed E-state index contributed by atoms with van der Waals surface area (Å²) in [5.74, 6) is -0.0386. The predicted molar refractivity (Wildman–Crippen MR) is 93.2 cm³/mol. The van der Waals surface area contributed by atoms with Crippen molar-refractivity contribution in [2.75, 3.05) is 7.05 Å². The molecule has 3 aromatic rings. The topological polar surface area (TPSA) is 70.5 Å². The maximum Gasteiger partial charge on any atom is 0.244 e. The standard InChI is InChI=1S/C18H18N2O3S/c1-13(14-7-4-3-5-8-14)20(2)24(22,23)17-11-10-16(21)18-15(17)9-6-12-19-18/h3-13,21H,1-2H3/t13-/m1/s1. The summed E-state index contributed by atoms with van der Waals surface area (Å²) in [6, 6.07) is 15.2. The van der Waals surface area contributed by atoms with Gasteiger partial charge < -0.3 is 5.11 Å². The van der Waals surface area contributed by atoms with Crippen molar-refractivity contribution in [2.45, 2.75) is 17.9 Å². The smallest absolute Gasteiger partial charge is 0.244 e. The maximum atomic E-state index is 13.1. The molecule has 3 rings (SSSR count). The minimum Gasteiger partial charge on any atom is -0.506 e. The van der Waals surface area contributed by atoms with Crippen molar-refractivity contribution < 1.29 is 13.5 Å². The van der Waals surface area contributed by atoms with E-state index in [9.17, 15) is 13.5 Å². The highest BCUT2D eigenvalue weighted by Crippen LogP contribution is 2.32. The number of phenolic OH excluding ortho intramolecular Hbond substituents is 1. The van der Waals surface area contributed by atoms with E-state index in [4.69, 9.17) is 0 Å². The Bertz CT molecular complexity index is 972. The fourth-order valence-electron chi connectivity index (χ4n) is 2.66. The zero-order chi connectivity index (χ0) is 17.3. The highest BCUT2D eigenvalue weighted by Gasteiger charge is 2.28. The number of aromatic nitrogens is 1. The van der Waals surface area contributed by atoms with Gasteiger partial charge in [0.15, 0.2) is 0 Å². The molecular formula is C18H18N2O3S. The van der Waals surface area contributed by atoms with Crippen LogP contribution in [0.25, 0.3) is 10.9 Å². The van der Waals surface area contributed by atoms with Crippen LogP contribution in [0, 0.1) is 0 Å². The van der Waals surface area contributed by atoms with Crippen LogP contribution < -0.4 is 0 Å². The Balaban J connectivity index is 2.10. The molecule has 1 N–H and O–H groups in total. The van der Waals surface area contributed by atoms with Gasteiger partial charge in [0.05, 0.1) is 4.90 Å². The van der Waals surface area contributed by atoms with Crippen molar-refractivity contribution in [3.63, 3.8) is 0 Å². The quantitative estimate of drug-likeness (QED) is 0.789. The van der Waals surface area contributed by atoms with Gasteiger partial charge >= 0.3 is 0 Å². The molecule has 24 heavy (non-hydrogen) atoms. The number of rotatable bonds is 4. The van der Waals surface area contributed by atoms with Crippen molar-refractivity contribution in [3.05, 3.63) is 66.4 Å². The molecule has 0 bridgehead atoms. The molecule has 0 spiro atoms. The summed E-state index contributed by atoms with van der Waals surface area (Å²) in [4.78, 5) is 4.22. The summed E-state index contributed by atoms with van der Waals surface area (Å²) >= 11 is 0. The van der Waals surface area contributed by atoms with Gasteiger partial charge in [-0.1, -0.05) is 30.3 Å². The Morgan fingerprint density at radius 3 is 2.46 bits per heavy atom. The monoisotopic (exact) mass is 342 g/mol. The maximum absolute atomic E-state index is 13.1. The second-order valence-corrected chi connectivity index (χ2v) is 7.56. The largest absolute Gasteiger partial charge is 0.506 e. The number of nitrogens with zero attached hydrogens (tertiary/aromatic N) is 2. The third kappa shape index (κ3) is 2.74. The lowest BCUT2D eigenvalue weighted by Crippen LogP contribution is -2.30. The van der Waals surface area contributed by atoms with Crippen molar-refractivity contribution in [1.29, 1.82) is 0 Å². The van der Waals surface area contributed by atoms with Gasteiger partial charge in [-0.15, -0.1) is 0 Å². The molecule has 0 unspecified atom stereocenters. The number of sulfonamides is 1. The van der Waals surface area contributed by atoms with Crippen LogP contribution in [0.1, 0.15) is 18.5 Å². The fraction of sp³-hybridized carbons (Fsp3) is 0.167. The van der Waals surface area contributed by atoms with Crippen molar-refractivity contribution in [3.8, 4) is 5.75 Å². The highest BCUT2D eigenvalue weighted by atomic mass is 32.2. The minimum atomic E-state index is -3.75. The second-order valence-electron chi connectivity index (χ2n) is 5.59. The molecule has 6 heteroatoms. The fourth-order valence-corrected chi connectivity index (χ4v) is 4.19. The van der Waals surface area contributed by atoms with Crippen LogP contribution in [0.3, 0.4) is 0 Å². The van der Waals surface area contributed by atoms with Crippen molar-refractivity contribution >= 4 is 20.9 Å². The van der Waals surface area contributed by atoms with E-state index in [0.717, 1.165) is 5.56 Å². The van der Waals surface area contributed by atoms with Crippen molar-refractivity contribution in [2.24, 2.45) is 0 Å². The minimum absolute atomic E-state index is 0.0386. The average Bonchev–Trinajstić information content (AvgIpc) is 2.61. The number of aromatic hydroxyl groups is 1. The van der Waals surface area contributed by atoms with E-state index in [1.807, 2.05) is 37.3 Å². The Morgan fingerprint density at radius 1 is 1.04 bits per heavy atom. The highest BCUT2D eigenvalue weighted by molar-refractivity contribution is 7.89. The molecule has 0 amide bonds. The van der Waals surface area contributed by atoms with Crippen LogP contribution >= 0.6 is 0 Å². The summed E-state index contributed by atoms with van der Waals surface area (Å²) < 4.78 is 27.5. The first-order valence-electron chi connectivity index (χ1n) is 7.52. The van der Waals surface area contributed by atoms with Gasteiger partial charge in [0.1, 0.15) is 11.3 Å². The van der Waals surface area contributed by atoms with Gasteiger partial charge in [0.2, 0.25) is 10.0 Å². The van der Waals surface area contributed by atoms with Crippen LogP contribution in [0.15, 0.2) is 65.7 Å². The van der Waals surface area contributed by atoms with Crippen LogP contribution in [0.4, 0.5) is 0 Å². The average molecular weight is 342 g/mol. The normalized spacial score (nSPS) is 13.3. The molecule has 0 fully saturated rings. The van der Waals surface area contributed by atoms with E-state index in [2.05, 4.69) is 4.98 Å². The van der Waals surface area contributed by atoms with E-state index in [1.165, 1.54) is 22.6 Å². The first kappa shape index (κ1) is 16.4. The number of hydrogen-bond acceptors (Lipinski definition) is 4. The lowest BCUT2D eigenvalue weighted by atomic mass is 10.1. The summed E-state index contributed by atoms with van der Waals surface area (Å²) in [5.41, 5.74) is 1.18. The number of fused-ring (bicyclic) bond motifs is 1. The van der Waals surface area contributed by atoms with Crippen LogP contribution in [0.2, 0.25) is 0 Å². The molecule has 0 saturated heterocycles. The van der Waals surface area contributed by atoms with Gasteiger partial charge in [-0.3, -0.25) is 4.98 Å².